The molecule has 0 unspecified atom stereocenters. The highest BCUT2D eigenvalue weighted by atomic mass is 16.7. The van der Waals surface area contributed by atoms with E-state index in [9.17, 15) is 4.79 Å². The number of fused-ring (bicyclic) bond motifs is 1. The van der Waals surface area contributed by atoms with Gasteiger partial charge in [-0.25, -0.2) is 4.79 Å². The largest absolute Gasteiger partial charge is 0.452 e. The van der Waals surface area contributed by atoms with Gasteiger partial charge in [0.15, 0.2) is 0 Å². The molecule has 0 saturated carbocycles. The molecule has 0 atom stereocenters. The molecule has 1 aliphatic carbocycles. The van der Waals surface area contributed by atoms with Crippen LogP contribution in [0.1, 0.15) is 18.9 Å². The summed E-state index contributed by atoms with van der Waals surface area (Å²) in [7, 11) is 1.38. The number of nitriles is 1. The van der Waals surface area contributed by atoms with Crippen LogP contribution in [0.4, 0.5) is 0 Å². The van der Waals surface area contributed by atoms with Crippen LogP contribution < -0.4 is 10.6 Å². The Balaban J connectivity index is 0.00000128. The molecule has 1 heterocycles. The third kappa shape index (κ3) is 1.77. The lowest BCUT2D eigenvalue weighted by Gasteiger charge is -1.98. The van der Waals surface area contributed by atoms with Gasteiger partial charge in [0.2, 0.25) is 0 Å². The van der Waals surface area contributed by atoms with E-state index in [0.29, 0.717) is 23.4 Å². The first-order valence-corrected chi connectivity index (χ1v) is 4.34. The second kappa shape index (κ2) is 4.53. The van der Waals surface area contributed by atoms with E-state index in [4.69, 9.17) is 14.5 Å². The molecule has 0 amide bonds. The van der Waals surface area contributed by atoms with Gasteiger partial charge in [-0.2, -0.15) is 5.26 Å². The Hall–Kier alpha value is -2.22. The number of rotatable bonds is 1. The van der Waals surface area contributed by atoms with Crippen molar-refractivity contribution in [2.45, 2.75) is 13.8 Å². The molecule has 0 fully saturated rings. The summed E-state index contributed by atoms with van der Waals surface area (Å²) in [4.78, 5) is 16.1. The van der Waals surface area contributed by atoms with E-state index >= 15 is 0 Å². The van der Waals surface area contributed by atoms with E-state index in [2.05, 4.69) is 0 Å². The van der Waals surface area contributed by atoms with Crippen molar-refractivity contribution in [2.24, 2.45) is 0 Å². The Kier molecular flexibility index (Phi) is 3.36. The molecule has 0 aromatic carbocycles. The molecule has 16 heavy (non-hydrogen) atoms. The molecule has 0 bridgehead atoms. The van der Waals surface area contributed by atoms with Gasteiger partial charge in [0.1, 0.15) is 18.6 Å². The highest BCUT2D eigenvalue weighted by Gasteiger charge is 2.16. The van der Waals surface area contributed by atoms with Crippen LogP contribution in [0.25, 0.3) is 6.08 Å². The van der Waals surface area contributed by atoms with Crippen LogP contribution in [-0.2, 0) is 6.42 Å². The van der Waals surface area contributed by atoms with E-state index < -0.39 is 5.76 Å². The molecule has 1 aliphatic rings. The average Bonchev–Trinajstić information content (AvgIpc) is 2.42. The maximum Gasteiger partial charge on any atom is 0.452 e. The van der Waals surface area contributed by atoms with Crippen LogP contribution in [-0.4, -0.2) is 11.8 Å². The van der Waals surface area contributed by atoms with Crippen molar-refractivity contribution in [3.63, 3.8) is 0 Å². The smallest absolute Gasteiger partial charge is 0.411 e. The number of aromatic nitrogens is 1. The van der Waals surface area contributed by atoms with E-state index in [0.717, 1.165) is 4.73 Å². The summed E-state index contributed by atoms with van der Waals surface area (Å²) in [6, 6.07) is 2.03. The van der Waals surface area contributed by atoms with Crippen molar-refractivity contribution in [3.05, 3.63) is 39.7 Å². The molecule has 1 aromatic heterocycles. The summed E-state index contributed by atoms with van der Waals surface area (Å²) in [5.74, 6) is -0.0516. The SMILES string of the molecule is C.COn1c2c(oc1=O)CC=C(C#N)C=C2. The first-order chi connectivity index (χ1) is 7.26. The van der Waals surface area contributed by atoms with Crippen LogP contribution in [0.5, 0.6) is 0 Å². The monoisotopic (exact) mass is 220 g/mol. The molecule has 5 heteroatoms. The lowest BCUT2D eigenvalue weighted by molar-refractivity contribution is 0.144. The number of oxazole rings is 1. The molecule has 0 aliphatic heterocycles. The second-order valence-corrected chi connectivity index (χ2v) is 2.96. The molecule has 0 N–H and O–H groups in total. The minimum Gasteiger partial charge on any atom is -0.411 e. The molecule has 0 radical (unpaired) electrons. The summed E-state index contributed by atoms with van der Waals surface area (Å²) in [5.41, 5.74) is 1.08. The van der Waals surface area contributed by atoms with Crippen molar-refractivity contribution in [1.82, 2.24) is 4.73 Å². The van der Waals surface area contributed by atoms with E-state index in [1.165, 1.54) is 7.11 Å². The summed E-state index contributed by atoms with van der Waals surface area (Å²) in [5, 5.41) is 8.71. The van der Waals surface area contributed by atoms with Crippen LogP contribution in [0.3, 0.4) is 0 Å². The van der Waals surface area contributed by atoms with Crippen LogP contribution in [0, 0.1) is 11.3 Å². The Morgan fingerprint density at radius 1 is 1.56 bits per heavy atom. The van der Waals surface area contributed by atoms with Crippen molar-refractivity contribution >= 4 is 6.08 Å². The fraction of sp³-hybridized carbons (Fsp3) is 0.273. The van der Waals surface area contributed by atoms with Crippen LogP contribution in [0.15, 0.2) is 26.9 Å². The van der Waals surface area contributed by atoms with Crippen molar-refractivity contribution in [1.29, 1.82) is 5.26 Å². The summed E-state index contributed by atoms with van der Waals surface area (Å²) in [6.07, 6.45) is 5.37. The Morgan fingerprint density at radius 2 is 2.31 bits per heavy atom. The Morgan fingerprint density at radius 3 is 2.94 bits per heavy atom. The zero-order chi connectivity index (χ0) is 10.8. The van der Waals surface area contributed by atoms with E-state index in [1.54, 1.807) is 18.2 Å². The first kappa shape index (κ1) is 11.9. The van der Waals surface area contributed by atoms with E-state index in [1.807, 2.05) is 6.07 Å². The van der Waals surface area contributed by atoms with Crippen LogP contribution >= 0.6 is 0 Å². The van der Waals surface area contributed by atoms with Gasteiger partial charge in [-0.1, -0.05) is 13.5 Å². The summed E-state index contributed by atoms with van der Waals surface area (Å²) in [6.45, 7) is 0. The standard InChI is InChI=1S/C10H8N2O3.CH4/c1-14-12-8-4-2-7(6-11)3-5-9(8)15-10(12)13;/h2-4H,5H2,1H3;1H4. The molecule has 2 rings (SSSR count). The van der Waals surface area contributed by atoms with Gasteiger partial charge in [-0.3, -0.25) is 0 Å². The zero-order valence-corrected chi connectivity index (χ0v) is 8.06. The third-order valence-electron chi connectivity index (χ3n) is 2.12. The van der Waals surface area contributed by atoms with Gasteiger partial charge in [-0.05, 0) is 12.2 Å². The second-order valence-electron chi connectivity index (χ2n) is 2.96. The maximum atomic E-state index is 11.3. The third-order valence-corrected chi connectivity index (χ3v) is 2.12. The predicted octanol–water partition coefficient (Wildman–Crippen LogP) is 1.16. The van der Waals surface area contributed by atoms with Gasteiger partial charge in [-0.15, -0.1) is 4.73 Å². The Labute approximate surface area is 92.8 Å². The average molecular weight is 220 g/mol. The van der Waals surface area contributed by atoms with Gasteiger partial charge in [0, 0.05) is 12.0 Å². The molecule has 84 valence electrons. The Bertz CT molecular complexity index is 541. The summed E-state index contributed by atoms with van der Waals surface area (Å²) < 4.78 is 6.03. The zero-order valence-electron chi connectivity index (χ0n) is 8.06. The molecular weight excluding hydrogens is 208 g/mol. The van der Waals surface area contributed by atoms with Gasteiger partial charge >= 0.3 is 5.76 Å². The minimum atomic E-state index is -0.555. The van der Waals surface area contributed by atoms with Gasteiger partial charge < -0.3 is 9.25 Å². The number of hydrogen-bond donors (Lipinski definition) is 0. The summed E-state index contributed by atoms with van der Waals surface area (Å²) >= 11 is 0. The topological polar surface area (TPSA) is 68.2 Å². The molecular formula is C11H12N2O3. The molecule has 1 aromatic rings. The van der Waals surface area contributed by atoms with Crippen molar-refractivity contribution in [2.75, 3.05) is 7.11 Å². The van der Waals surface area contributed by atoms with Gasteiger partial charge in [0.05, 0.1) is 6.07 Å². The van der Waals surface area contributed by atoms with Gasteiger partial charge in [0.25, 0.3) is 0 Å². The quantitative estimate of drug-likeness (QED) is 0.712. The lowest BCUT2D eigenvalue weighted by atomic mass is 10.2. The number of nitrogens with zero attached hydrogens (tertiary/aromatic N) is 2. The fourth-order valence-corrected chi connectivity index (χ4v) is 1.41. The highest BCUT2D eigenvalue weighted by molar-refractivity contribution is 5.56. The van der Waals surface area contributed by atoms with Crippen LogP contribution in [0.2, 0.25) is 0 Å². The minimum absolute atomic E-state index is 0. The number of allylic oxidation sites excluding steroid dienone is 3. The van der Waals surface area contributed by atoms with Crippen molar-refractivity contribution in [3.8, 4) is 6.07 Å². The first-order valence-electron chi connectivity index (χ1n) is 4.34. The lowest BCUT2D eigenvalue weighted by Crippen LogP contribution is -2.21. The van der Waals surface area contributed by atoms with Crippen molar-refractivity contribution < 1.29 is 9.25 Å². The maximum absolute atomic E-state index is 11.3. The molecule has 0 spiro atoms. The fourth-order valence-electron chi connectivity index (χ4n) is 1.41. The molecule has 0 saturated heterocycles. The van der Waals surface area contributed by atoms with E-state index in [-0.39, 0.29) is 7.43 Å². The molecule has 5 nitrogen and oxygen atoms in total. The highest BCUT2D eigenvalue weighted by Crippen LogP contribution is 2.16. The number of hydrogen-bond acceptors (Lipinski definition) is 4. The normalized spacial score (nSPS) is 12.9. The predicted molar refractivity (Wildman–Crippen MR) is 58.6 cm³/mol.